The van der Waals surface area contributed by atoms with Crippen molar-refractivity contribution in [2.75, 3.05) is 19.0 Å². The molecule has 0 bridgehead atoms. The van der Waals surface area contributed by atoms with Crippen LogP contribution in [0.1, 0.15) is 22.3 Å². The zero-order valence-corrected chi connectivity index (χ0v) is 17.4. The first kappa shape index (κ1) is 20.4. The summed E-state index contributed by atoms with van der Waals surface area (Å²) in [5.41, 5.74) is 1.92. The van der Waals surface area contributed by atoms with E-state index in [2.05, 4.69) is 15.0 Å². The van der Waals surface area contributed by atoms with Crippen LogP contribution in [-0.2, 0) is 14.8 Å². The number of nitrogens with zero attached hydrogens (tertiary/aromatic N) is 1. The molecule has 2 N–H and O–H groups in total. The largest absolute Gasteiger partial charge is 0.383 e. The first-order valence-corrected chi connectivity index (χ1v) is 10.9. The molecule has 0 saturated carbocycles. The van der Waals surface area contributed by atoms with E-state index >= 15 is 0 Å². The minimum atomic E-state index is -3.67. The maximum Gasteiger partial charge on any atom is 0.255 e. The van der Waals surface area contributed by atoms with E-state index < -0.39 is 10.0 Å². The van der Waals surface area contributed by atoms with Crippen LogP contribution >= 0.6 is 11.3 Å². The van der Waals surface area contributed by atoms with Crippen LogP contribution in [0, 0.1) is 6.92 Å². The number of aryl methyl sites for hydroxylation is 1. The van der Waals surface area contributed by atoms with Gasteiger partial charge in [0.1, 0.15) is 0 Å². The molecule has 7 nitrogen and oxygen atoms in total. The lowest BCUT2D eigenvalue weighted by molar-refractivity contribution is 0.102. The number of sulfonamides is 1. The van der Waals surface area contributed by atoms with E-state index in [9.17, 15) is 13.2 Å². The van der Waals surface area contributed by atoms with Crippen molar-refractivity contribution in [1.29, 1.82) is 0 Å². The average Bonchev–Trinajstić information content (AvgIpc) is 3.01. The molecule has 2 aromatic carbocycles. The average molecular weight is 420 g/mol. The van der Waals surface area contributed by atoms with E-state index in [-0.39, 0.29) is 23.5 Å². The molecule has 0 unspecified atom stereocenters. The van der Waals surface area contributed by atoms with E-state index in [1.165, 1.54) is 31.4 Å². The Bertz CT molecular complexity index is 1090. The van der Waals surface area contributed by atoms with Crippen molar-refractivity contribution >= 4 is 43.2 Å². The van der Waals surface area contributed by atoms with E-state index in [0.717, 1.165) is 15.2 Å². The van der Waals surface area contributed by atoms with Gasteiger partial charge in [-0.1, -0.05) is 0 Å². The summed E-state index contributed by atoms with van der Waals surface area (Å²) in [6.07, 6.45) is 0. The SMILES string of the molecule is COC[C@H](C)NS(=O)(=O)c1ccc(C(=O)Nc2ccc3nc(C)sc3c2)cc1. The molecule has 1 amide bonds. The Balaban J connectivity index is 1.72. The molecule has 0 aliphatic heterocycles. The molecule has 28 heavy (non-hydrogen) atoms. The van der Waals surface area contributed by atoms with Crippen LogP contribution in [0.25, 0.3) is 10.2 Å². The number of aromatic nitrogens is 1. The normalized spacial score (nSPS) is 12.8. The van der Waals surface area contributed by atoms with Gasteiger partial charge in [0.2, 0.25) is 10.0 Å². The van der Waals surface area contributed by atoms with Gasteiger partial charge < -0.3 is 10.1 Å². The minimum Gasteiger partial charge on any atom is -0.383 e. The van der Waals surface area contributed by atoms with E-state index in [0.29, 0.717) is 11.3 Å². The molecule has 0 radical (unpaired) electrons. The van der Waals surface area contributed by atoms with Gasteiger partial charge in [-0.3, -0.25) is 4.79 Å². The molecule has 9 heteroatoms. The van der Waals surface area contributed by atoms with Crippen LogP contribution in [0.2, 0.25) is 0 Å². The Morgan fingerprint density at radius 1 is 1.21 bits per heavy atom. The number of ether oxygens (including phenoxy) is 1. The zero-order chi connectivity index (χ0) is 20.3. The first-order chi connectivity index (χ1) is 13.3. The molecule has 3 aromatic rings. The molecule has 0 aliphatic rings. The lowest BCUT2D eigenvalue weighted by Gasteiger charge is -2.13. The zero-order valence-electron chi connectivity index (χ0n) is 15.7. The van der Waals surface area contributed by atoms with Crippen LogP contribution in [0.3, 0.4) is 0 Å². The van der Waals surface area contributed by atoms with Crippen molar-refractivity contribution in [2.45, 2.75) is 24.8 Å². The summed E-state index contributed by atoms with van der Waals surface area (Å²) in [5.74, 6) is -0.315. The van der Waals surface area contributed by atoms with E-state index in [4.69, 9.17) is 4.74 Å². The van der Waals surface area contributed by atoms with Gasteiger partial charge in [0.05, 0.1) is 26.7 Å². The monoisotopic (exact) mass is 419 g/mol. The van der Waals surface area contributed by atoms with Crippen molar-refractivity contribution in [2.24, 2.45) is 0 Å². The first-order valence-electron chi connectivity index (χ1n) is 8.58. The number of methoxy groups -OCH3 is 1. The van der Waals surface area contributed by atoms with Crippen molar-refractivity contribution in [3.05, 3.63) is 53.0 Å². The van der Waals surface area contributed by atoms with Gasteiger partial charge in [0.25, 0.3) is 5.91 Å². The summed E-state index contributed by atoms with van der Waals surface area (Å²) in [5, 5.41) is 3.79. The topological polar surface area (TPSA) is 97.4 Å². The second-order valence-electron chi connectivity index (χ2n) is 6.37. The predicted molar refractivity (Wildman–Crippen MR) is 110 cm³/mol. The Morgan fingerprint density at radius 3 is 2.61 bits per heavy atom. The summed E-state index contributed by atoms with van der Waals surface area (Å²) >= 11 is 1.56. The summed E-state index contributed by atoms with van der Waals surface area (Å²) in [7, 11) is -2.17. The second kappa shape index (κ2) is 8.36. The van der Waals surface area contributed by atoms with Gasteiger partial charge in [-0.15, -0.1) is 11.3 Å². The quantitative estimate of drug-likeness (QED) is 0.613. The highest BCUT2D eigenvalue weighted by Crippen LogP contribution is 2.25. The molecule has 0 spiro atoms. The van der Waals surface area contributed by atoms with Gasteiger partial charge in [-0.2, -0.15) is 0 Å². The van der Waals surface area contributed by atoms with Crippen LogP contribution < -0.4 is 10.0 Å². The number of hydrogen-bond acceptors (Lipinski definition) is 6. The highest BCUT2D eigenvalue weighted by atomic mass is 32.2. The number of carbonyl (C=O) groups is 1. The molecule has 1 aromatic heterocycles. The fraction of sp³-hybridized carbons (Fsp3) is 0.263. The molecule has 3 rings (SSSR count). The number of carbonyl (C=O) groups excluding carboxylic acids is 1. The van der Waals surface area contributed by atoms with Gasteiger partial charge in [-0.05, 0) is 56.3 Å². The Kier molecular flexibility index (Phi) is 6.09. The fourth-order valence-corrected chi connectivity index (χ4v) is 4.82. The number of benzene rings is 2. The third-order valence-corrected chi connectivity index (χ3v) is 6.49. The van der Waals surface area contributed by atoms with E-state index in [1.807, 2.05) is 19.1 Å². The number of anilines is 1. The van der Waals surface area contributed by atoms with E-state index in [1.54, 1.807) is 24.3 Å². The molecule has 0 aliphatic carbocycles. The van der Waals surface area contributed by atoms with Crippen LogP contribution in [0.15, 0.2) is 47.4 Å². The number of hydrogen-bond donors (Lipinski definition) is 2. The number of nitrogens with one attached hydrogen (secondary N) is 2. The number of fused-ring (bicyclic) bond motifs is 1. The molecule has 148 valence electrons. The molecule has 0 saturated heterocycles. The third kappa shape index (κ3) is 4.74. The second-order valence-corrected chi connectivity index (χ2v) is 9.32. The molecule has 0 fully saturated rings. The third-order valence-electron chi connectivity index (χ3n) is 3.95. The van der Waals surface area contributed by atoms with Gasteiger partial charge in [0.15, 0.2) is 0 Å². The predicted octanol–water partition coefficient (Wildman–Crippen LogP) is 3.17. The summed E-state index contributed by atoms with van der Waals surface area (Å²) in [6.45, 7) is 3.91. The van der Waals surface area contributed by atoms with Crippen LogP contribution in [0.4, 0.5) is 5.69 Å². The maximum absolute atomic E-state index is 12.5. The highest BCUT2D eigenvalue weighted by molar-refractivity contribution is 7.89. The molecular weight excluding hydrogens is 398 g/mol. The Labute approximate surface area is 167 Å². The molecule has 1 heterocycles. The summed E-state index contributed by atoms with van der Waals surface area (Å²) in [4.78, 5) is 17.0. The number of thiazole rings is 1. The maximum atomic E-state index is 12.5. The minimum absolute atomic E-state index is 0.0913. The highest BCUT2D eigenvalue weighted by Gasteiger charge is 2.18. The van der Waals surface area contributed by atoms with Gasteiger partial charge in [-0.25, -0.2) is 18.1 Å². The van der Waals surface area contributed by atoms with Gasteiger partial charge >= 0.3 is 0 Å². The standard InChI is InChI=1S/C19H21N3O4S2/c1-12(11-26-3)22-28(24,25)16-7-4-14(5-8-16)19(23)21-15-6-9-17-18(10-15)27-13(2)20-17/h4-10,12,22H,11H2,1-3H3,(H,21,23)/t12-/m0/s1. The van der Waals surface area contributed by atoms with Crippen molar-refractivity contribution < 1.29 is 17.9 Å². The molecule has 1 atom stereocenters. The number of rotatable bonds is 7. The number of amides is 1. The van der Waals surface area contributed by atoms with Crippen LogP contribution in [0.5, 0.6) is 0 Å². The summed E-state index contributed by atoms with van der Waals surface area (Å²) in [6, 6.07) is 11.0. The van der Waals surface area contributed by atoms with Crippen LogP contribution in [-0.4, -0.2) is 39.1 Å². The smallest absolute Gasteiger partial charge is 0.255 e. The lowest BCUT2D eigenvalue weighted by atomic mass is 10.2. The fourth-order valence-electron chi connectivity index (χ4n) is 2.72. The van der Waals surface area contributed by atoms with Crippen molar-refractivity contribution in [3.63, 3.8) is 0 Å². The van der Waals surface area contributed by atoms with Gasteiger partial charge in [0, 0.05) is 24.4 Å². The summed E-state index contributed by atoms with van der Waals surface area (Å²) < 4.78 is 33.1. The Morgan fingerprint density at radius 2 is 1.93 bits per heavy atom. The lowest BCUT2D eigenvalue weighted by Crippen LogP contribution is -2.35. The Hall–Kier alpha value is -2.33. The molecular formula is C19H21N3O4S2. The van der Waals surface area contributed by atoms with Crippen molar-refractivity contribution in [1.82, 2.24) is 9.71 Å². The van der Waals surface area contributed by atoms with Crippen molar-refractivity contribution in [3.8, 4) is 0 Å².